The molecule has 158 valence electrons. The molecule has 0 bridgehead atoms. The number of carbonyl (C=O) groups excluding carboxylic acids is 2. The Hall–Kier alpha value is -1.34. The van der Waals surface area contributed by atoms with Crippen LogP contribution in [-0.2, 0) is 19.1 Å². The molecule has 1 fully saturated rings. The summed E-state index contributed by atoms with van der Waals surface area (Å²) in [6, 6.07) is -1.98. The second-order valence-corrected chi connectivity index (χ2v) is 6.98. The van der Waals surface area contributed by atoms with Crippen molar-refractivity contribution in [2.24, 2.45) is 11.5 Å². The first kappa shape index (κ1) is 23.7. The summed E-state index contributed by atoms with van der Waals surface area (Å²) in [6.07, 6.45) is -5.19. The average molecular weight is 393 g/mol. The van der Waals surface area contributed by atoms with Crippen LogP contribution < -0.4 is 16.8 Å². The molecule has 0 radical (unpaired) electrons. The molecule has 0 unspecified atom stereocenters. The predicted molar refractivity (Wildman–Crippen MR) is 93.0 cm³/mol. The van der Waals surface area contributed by atoms with Gasteiger partial charge in [0, 0.05) is 13.3 Å². The number of amides is 1. The Morgan fingerprint density at radius 2 is 2.04 bits per heavy atom. The van der Waals surface area contributed by atoms with Gasteiger partial charge < -0.3 is 46.7 Å². The summed E-state index contributed by atoms with van der Waals surface area (Å²) in [5.74, 6) is -3.03. The van der Waals surface area contributed by atoms with Crippen molar-refractivity contribution in [2.45, 2.75) is 75.4 Å². The minimum atomic E-state index is -1.78. The van der Waals surface area contributed by atoms with Crippen LogP contribution in [0.1, 0.15) is 33.1 Å². The molecule has 1 saturated heterocycles. The minimum Gasteiger partial charge on any atom is -0.462 e. The van der Waals surface area contributed by atoms with E-state index >= 15 is 0 Å². The zero-order chi connectivity index (χ0) is 20.8. The third-order valence-electron chi connectivity index (χ3n) is 4.27. The van der Waals surface area contributed by atoms with Crippen molar-refractivity contribution in [3.63, 3.8) is 0 Å². The van der Waals surface area contributed by atoms with Crippen LogP contribution in [0, 0.1) is 0 Å². The van der Waals surface area contributed by atoms with Gasteiger partial charge in [0.25, 0.3) is 0 Å². The van der Waals surface area contributed by atoms with Crippen molar-refractivity contribution in [2.75, 3.05) is 13.2 Å². The van der Waals surface area contributed by atoms with E-state index in [1.807, 2.05) is 0 Å². The summed E-state index contributed by atoms with van der Waals surface area (Å²) >= 11 is 0. The molecule has 0 aliphatic carbocycles. The van der Waals surface area contributed by atoms with Gasteiger partial charge in [-0.25, -0.2) is 0 Å². The van der Waals surface area contributed by atoms with Gasteiger partial charge in [-0.1, -0.05) is 0 Å². The van der Waals surface area contributed by atoms with E-state index in [2.05, 4.69) is 5.32 Å². The fourth-order valence-corrected chi connectivity index (χ4v) is 2.89. The van der Waals surface area contributed by atoms with Crippen molar-refractivity contribution >= 4 is 11.9 Å². The Balaban J connectivity index is 2.72. The first-order valence-electron chi connectivity index (χ1n) is 8.82. The summed E-state index contributed by atoms with van der Waals surface area (Å²) in [4.78, 5) is 23.1. The number of aliphatic hydroxyl groups is 4. The number of hydrogen-bond acceptors (Lipinski definition) is 10. The van der Waals surface area contributed by atoms with E-state index in [0.717, 1.165) is 0 Å². The lowest BCUT2D eigenvalue weighted by Gasteiger charge is -2.45. The van der Waals surface area contributed by atoms with Crippen LogP contribution in [0.3, 0.4) is 0 Å². The van der Waals surface area contributed by atoms with Crippen LogP contribution in [0.2, 0.25) is 0 Å². The number of ether oxygens (including phenoxy) is 2. The molecule has 0 aromatic carbocycles. The topological polar surface area (TPSA) is 198 Å². The van der Waals surface area contributed by atoms with Crippen LogP contribution in [0.4, 0.5) is 0 Å². The van der Waals surface area contributed by atoms with Crippen molar-refractivity contribution in [1.82, 2.24) is 5.32 Å². The zero-order valence-corrected chi connectivity index (χ0v) is 15.6. The monoisotopic (exact) mass is 393 g/mol. The van der Waals surface area contributed by atoms with Crippen molar-refractivity contribution in [3.05, 3.63) is 0 Å². The Bertz CT molecular complexity index is 504. The summed E-state index contributed by atoms with van der Waals surface area (Å²) in [7, 11) is 0. The average Bonchev–Trinajstić information content (AvgIpc) is 2.57. The number of carbonyl (C=O) groups is 2. The number of rotatable bonds is 9. The second-order valence-electron chi connectivity index (χ2n) is 6.98. The summed E-state index contributed by atoms with van der Waals surface area (Å²) in [5.41, 5.74) is 11.0. The van der Waals surface area contributed by atoms with E-state index in [0.29, 0.717) is 19.4 Å². The van der Waals surface area contributed by atoms with E-state index < -0.39 is 60.8 Å². The number of esters is 1. The Morgan fingerprint density at radius 3 is 2.59 bits per heavy atom. The normalized spacial score (nSPS) is 31.6. The molecule has 0 aromatic heterocycles. The lowest BCUT2D eigenvalue weighted by molar-refractivity contribution is -0.292. The molecule has 0 spiro atoms. The van der Waals surface area contributed by atoms with Gasteiger partial charge in [-0.15, -0.1) is 0 Å². The third-order valence-corrected chi connectivity index (χ3v) is 4.27. The summed E-state index contributed by atoms with van der Waals surface area (Å²) < 4.78 is 10.2. The van der Waals surface area contributed by atoms with Gasteiger partial charge in [-0.05, 0) is 26.3 Å². The summed E-state index contributed by atoms with van der Waals surface area (Å²) in [5, 5.41) is 43.2. The van der Waals surface area contributed by atoms with Gasteiger partial charge in [0.2, 0.25) is 5.91 Å². The van der Waals surface area contributed by atoms with E-state index in [-0.39, 0.29) is 6.42 Å². The third kappa shape index (κ3) is 7.30. The minimum absolute atomic E-state index is 0.206. The highest BCUT2D eigenvalue weighted by Crippen LogP contribution is 2.29. The van der Waals surface area contributed by atoms with E-state index in [1.165, 1.54) is 13.8 Å². The van der Waals surface area contributed by atoms with E-state index in [4.69, 9.17) is 20.9 Å². The second kappa shape index (κ2) is 10.3. The van der Waals surface area contributed by atoms with Gasteiger partial charge in [0.15, 0.2) is 5.79 Å². The molecule has 1 aliphatic rings. The van der Waals surface area contributed by atoms with Crippen molar-refractivity contribution in [3.8, 4) is 0 Å². The van der Waals surface area contributed by atoms with Crippen LogP contribution in [0.15, 0.2) is 0 Å². The highest BCUT2D eigenvalue weighted by molar-refractivity contribution is 5.75. The van der Waals surface area contributed by atoms with Crippen molar-refractivity contribution < 1.29 is 39.5 Å². The van der Waals surface area contributed by atoms with Gasteiger partial charge in [0.1, 0.15) is 31.0 Å². The van der Waals surface area contributed by atoms with Gasteiger partial charge in [-0.2, -0.15) is 0 Å². The highest BCUT2D eigenvalue weighted by atomic mass is 16.6. The number of nitrogens with one attached hydrogen (secondary N) is 1. The molecule has 9 N–H and O–H groups in total. The van der Waals surface area contributed by atoms with E-state index in [1.54, 1.807) is 0 Å². The fourth-order valence-electron chi connectivity index (χ4n) is 2.89. The van der Waals surface area contributed by atoms with Gasteiger partial charge >= 0.3 is 5.97 Å². The van der Waals surface area contributed by atoms with E-state index in [9.17, 15) is 30.0 Å². The number of hydrogen-bond donors (Lipinski definition) is 7. The lowest BCUT2D eigenvalue weighted by Crippen LogP contribution is -2.65. The van der Waals surface area contributed by atoms with Crippen LogP contribution in [0.5, 0.6) is 0 Å². The Kier molecular flexibility index (Phi) is 9.02. The van der Waals surface area contributed by atoms with Crippen LogP contribution in [-0.4, -0.2) is 87.7 Å². The van der Waals surface area contributed by atoms with Crippen molar-refractivity contribution in [1.29, 1.82) is 0 Å². The molecule has 27 heavy (non-hydrogen) atoms. The molecule has 11 heteroatoms. The largest absolute Gasteiger partial charge is 0.462 e. The molecule has 0 saturated carbocycles. The van der Waals surface area contributed by atoms with Gasteiger partial charge in [-0.3, -0.25) is 9.59 Å². The number of aliphatic hydroxyl groups excluding tert-OH is 3. The molecule has 1 amide bonds. The van der Waals surface area contributed by atoms with Crippen LogP contribution in [0.25, 0.3) is 0 Å². The number of nitrogens with two attached hydrogens (primary N) is 2. The Morgan fingerprint density at radius 1 is 1.41 bits per heavy atom. The predicted octanol–water partition coefficient (Wildman–Crippen LogP) is -3.32. The molecule has 0 aromatic rings. The van der Waals surface area contributed by atoms with Crippen LogP contribution >= 0.6 is 0 Å². The first-order valence-corrected chi connectivity index (χ1v) is 8.82. The van der Waals surface area contributed by atoms with Gasteiger partial charge in [0.05, 0.1) is 12.1 Å². The maximum atomic E-state index is 11.8. The lowest BCUT2D eigenvalue weighted by atomic mass is 9.89. The fraction of sp³-hybridized carbons (Fsp3) is 0.875. The molecular formula is C16H31N3O8. The smallest absolute Gasteiger partial charge is 0.323 e. The molecule has 11 nitrogen and oxygen atoms in total. The Labute approximate surface area is 157 Å². The molecule has 7 atom stereocenters. The zero-order valence-electron chi connectivity index (χ0n) is 15.6. The standard InChI is InChI=1S/C16H31N3O8/c1-8(20)19-12-10(21)6-16(2,25)27-14(12)13(23)11(22)7-26-15(24)9(18)4-3-5-17/h9-14,21-23,25H,3-7,17-18H2,1-2H3,(H,19,20)/t9-,10+,11-,12-,13-,14-,16-/m1/s1. The summed E-state index contributed by atoms with van der Waals surface area (Å²) in [6.45, 7) is 2.28. The quantitative estimate of drug-likeness (QED) is 0.195. The SMILES string of the molecule is CC(=O)N[C@H]1[C@H]([C@H](O)[C@H](O)COC(=O)[C@H](N)CCCN)O[C@@](C)(O)C[C@@H]1O. The highest BCUT2D eigenvalue weighted by Gasteiger charge is 2.48. The first-order chi connectivity index (χ1) is 12.5. The maximum Gasteiger partial charge on any atom is 0.323 e. The molecule has 1 rings (SSSR count). The molecular weight excluding hydrogens is 362 g/mol. The molecule has 1 aliphatic heterocycles. The maximum absolute atomic E-state index is 11.8. The molecule has 1 heterocycles.